The van der Waals surface area contributed by atoms with Crippen molar-refractivity contribution in [1.82, 2.24) is 0 Å². The molecule has 11 heavy (non-hydrogen) atoms. The van der Waals surface area contributed by atoms with E-state index >= 15 is 0 Å². The summed E-state index contributed by atoms with van der Waals surface area (Å²) in [5, 5.41) is -1.12. The molecular formula is C8H11ClO2. The van der Waals surface area contributed by atoms with Gasteiger partial charge in [0, 0.05) is 12.5 Å². The molecular weight excluding hydrogens is 164 g/mol. The van der Waals surface area contributed by atoms with E-state index in [1.807, 2.05) is 6.92 Å². The Labute approximate surface area is 71.2 Å². The molecule has 1 aliphatic rings. The van der Waals surface area contributed by atoms with Crippen LogP contribution in [0, 0.1) is 5.92 Å². The number of halogens is 1. The van der Waals surface area contributed by atoms with Crippen molar-refractivity contribution in [1.29, 1.82) is 0 Å². The van der Waals surface area contributed by atoms with Crippen molar-refractivity contribution in [3.63, 3.8) is 0 Å². The summed E-state index contributed by atoms with van der Waals surface area (Å²) >= 11 is 5.93. The number of ether oxygens (including phenoxy) is 1. The molecule has 2 nitrogen and oxygen atoms in total. The molecule has 1 heterocycles. The van der Waals surface area contributed by atoms with E-state index in [4.69, 9.17) is 16.3 Å². The van der Waals surface area contributed by atoms with E-state index in [-0.39, 0.29) is 11.7 Å². The summed E-state index contributed by atoms with van der Waals surface area (Å²) in [5.41, 5.74) is 0. The second kappa shape index (κ2) is 2.95. The first-order chi connectivity index (χ1) is 5.11. The third-order valence-electron chi connectivity index (χ3n) is 2.02. The molecule has 1 fully saturated rings. The Bertz CT molecular complexity index is 191. The standard InChI is InChI=1S/C8H11ClO2/c1-3-7(10)8(9)6(2)4-5-11-8/h3,6H,1,4-5H2,2H3. The van der Waals surface area contributed by atoms with Gasteiger partial charge in [-0.1, -0.05) is 25.1 Å². The molecule has 0 aromatic rings. The van der Waals surface area contributed by atoms with Gasteiger partial charge in [-0.2, -0.15) is 0 Å². The fourth-order valence-corrected chi connectivity index (χ4v) is 1.43. The number of hydrogen-bond acceptors (Lipinski definition) is 2. The third kappa shape index (κ3) is 1.33. The predicted octanol–water partition coefficient (Wildman–Crippen LogP) is 1.73. The van der Waals surface area contributed by atoms with Gasteiger partial charge in [0.1, 0.15) is 0 Å². The molecule has 0 aromatic carbocycles. The summed E-state index contributed by atoms with van der Waals surface area (Å²) in [7, 11) is 0. The maximum absolute atomic E-state index is 11.2. The number of alkyl halides is 1. The van der Waals surface area contributed by atoms with E-state index in [0.717, 1.165) is 6.42 Å². The fraction of sp³-hybridized carbons (Fsp3) is 0.625. The molecule has 1 aliphatic heterocycles. The molecule has 0 aromatic heterocycles. The topological polar surface area (TPSA) is 26.3 Å². The van der Waals surface area contributed by atoms with Gasteiger partial charge in [0.2, 0.25) is 10.8 Å². The van der Waals surface area contributed by atoms with Gasteiger partial charge in [0.25, 0.3) is 0 Å². The normalized spacial score (nSPS) is 37.1. The Morgan fingerprint density at radius 1 is 1.91 bits per heavy atom. The summed E-state index contributed by atoms with van der Waals surface area (Å²) in [4.78, 5) is 11.2. The highest BCUT2D eigenvalue weighted by atomic mass is 35.5. The van der Waals surface area contributed by atoms with Gasteiger partial charge in [-0.25, -0.2) is 0 Å². The molecule has 0 spiro atoms. The second-order valence-corrected chi connectivity index (χ2v) is 3.31. The summed E-state index contributed by atoms with van der Waals surface area (Å²) < 4.78 is 5.15. The van der Waals surface area contributed by atoms with Gasteiger partial charge in [-0.05, 0) is 12.5 Å². The van der Waals surface area contributed by atoms with E-state index in [1.165, 1.54) is 6.08 Å². The number of hydrogen-bond donors (Lipinski definition) is 0. The Hall–Kier alpha value is -0.340. The van der Waals surface area contributed by atoms with Crippen LogP contribution in [-0.2, 0) is 9.53 Å². The maximum Gasteiger partial charge on any atom is 0.206 e. The van der Waals surface area contributed by atoms with Crippen LogP contribution >= 0.6 is 11.6 Å². The first-order valence-corrected chi connectivity index (χ1v) is 3.99. The fourth-order valence-electron chi connectivity index (χ4n) is 1.17. The quantitative estimate of drug-likeness (QED) is 0.471. The van der Waals surface area contributed by atoms with Crippen LogP contribution in [0.2, 0.25) is 0 Å². The highest BCUT2D eigenvalue weighted by Gasteiger charge is 2.44. The summed E-state index contributed by atoms with van der Waals surface area (Å²) in [5.74, 6) is -0.154. The Balaban J connectivity index is 2.80. The van der Waals surface area contributed by atoms with E-state index in [1.54, 1.807) is 0 Å². The molecule has 0 amide bonds. The van der Waals surface area contributed by atoms with Crippen LogP contribution in [0.3, 0.4) is 0 Å². The zero-order chi connectivity index (χ0) is 8.48. The highest BCUT2D eigenvalue weighted by Crippen LogP contribution is 2.36. The summed E-state index contributed by atoms with van der Waals surface area (Å²) in [6, 6.07) is 0. The summed E-state index contributed by atoms with van der Waals surface area (Å²) in [6.45, 7) is 5.83. The van der Waals surface area contributed by atoms with Gasteiger partial charge < -0.3 is 4.74 Å². The molecule has 2 unspecified atom stereocenters. The average molecular weight is 175 g/mol. The van der Waals surface area contributed by atoms with Crippen LogP contribution in [0.5, 0.6) is 0 Å². The van der Waals surface area contributed by atoms with E-state index < -0.39 is 5.06 Å². The number of carbonyl (C=O) groups is 1. The Kier molecular flexibility index (Phi) is 2.35. The summed E-state index contributed by atoms with van der Waals surface area (Å²) in [6.07, 6.45) is 2.05. The molecule has 3 heteroatoms. The van der Waals surface area contributed by atoms with E-state index in [9.17, 15) is 4.79 Å². The lowest BCUT2D eigenvalue weighted by molar-refractivity contribution is -0.127. The largest absolute Gasteiger partial charge is 0.352 e. The maximum atomic E-state index is 11.2. The van der Waals surface area contributed by atoms with Crippen LogP contribution in [0.1, 0.15) is 13.3 Å². The van der Waals surface area contributed by atoms with E-state index in [0.29, 0.717) is 6.61 Å². The Morgan fingerprint density at radius 3 is 2.91 bits per heavy atom. The van der Waals surface area contributed by atoms with Crippen molar-refractivity contribution < 1.29 is 9.53 Å². The zero-order valence-corrected chi connectivity index (χ0v) is 7.23. The minimum absolute atomic E-state index is 0.0784. The molecule has 1 rings (SSSR count). The van der Waals surface area contributed by atoms with Gasteiger partial charge in [0.05, 0.1) is 0 Å². The van der Waals surface area contributed by atoms with Crippen molar-refractivity contribution in [2.45, 2.75) is 18.4 Å². The molecule has 0 aliphatic carbocycles. The lowest BCUT2D eigenvalue weighted by Crippen LogP contribution is -2.35. The molecule has 1 saturated heterocycles. The minimum atomic E-state index is -1.12. The number of carbonyl (C=O) groups excluding carboxylic acids is 1. The smallest absolute Gasteiger partial charge is 0.206 e. The van der Waals surface area contributed by atoms with Crippen LogP contribution in [0.15, 0.2) is 12.7 Å². The zero-order valence-electron chi connectivity index (χ0n) is 6.47. The number of rotatable bonds is 2. The SMILES string of the molecule is C=CC(=O)C1(Cl)OCCC1C. The molecule has 0 saturated carbocycles. The molecule has 2 atom stereocenters. The Morgan fingerprint density at radius 2 is 2.55 bits per heavy atom. The van der Waals surface area contributed by atoms with Crippen LogP contribution in [0.25, 0.3) is 0 Å². The van der Waals surface area contributed by atoms with E-state index in [2.05, 4.69) is 6.58 Å². The van der Waals surface area contributed by atoms with Crippen molar-refractivity contribution in [3.05, 3.63) is 12.7 Å². The van der Waals surface area contributed by atoms with Crippen LogP contribution in [-0.4, -0.2) is 17.5 Å². The van der Waals surface area contributed by atoms with Gasteiger partial charge >= 0.3 is 0 Å². The lowest BCUT2D eigenvalue weighted by atomic mass is 10.00. The van der Waals surface area contributed by atoms with Crippen LogP contribution in [0.4, 0.5) is 0 Å². The number of ketones is 1. The third-order valence-corrected chi connectivity index (χ3v) is 2.69. The molecule has 0 radical (unpaired) electrons. The first kappa shape index (κ1) is 8.75. The van der Waals surface area contributed by atoms with Crippen LogP contribution < -0.4 is 0 Å². The van der Waals surface area contributed by atoms with Crippen molar-refractivity contribution >= 4 is 17.4 Å². The highest BCUT2D eigenvalue weighted by molar-refractivity contribution is 6.36. The molecule has 0 N–H and O–H groups in total. The minimum Gasteiger partial charge on any atom is -0.352 e. The van der Waals surface area contributed by atoms with Crippen molar-refractivity contribution in [2.24, 2.45) is 5.92 Å². The molecule has 62 valence electrons. The predicted molar refractivity (Wildman–Crippen MR) is 43.5 cm³/mol. The average Bonchev–Trinajstić information content (AvgIpc) is 2.32. The van der Waals surface area contributed by atoms with Crippen molar-refractivity contribution in [2.75, 3.05) is 6.61 Å². The molecule has 0 bridgehead atoms. The van der Waals surface area contributed by atoms with Gasteiger partial charge in [-0.3, -0.25) is 4.79 Å². The first-order valence-electron chi connectivity index (χ1n) is 3.61. The second-order valence-electron chi connectivity index (χ2n) is 2.75. The van der Waals surface area contributed by atoms with Gasteiger partial charge in [0.15, 0.2) is 0 Å². The monoisotopic (exact) mass is 174 g/mol. The van der Waals surface area contributed by atoms with Crippen molar-refractivity contribution in [3.8, 4) is 0 Å². The van der Waals surface area contributed by atoms with Gasteiger partial charge in [-0.15, -0.1) is 0 Å². The lowest BCUT2D eigenvalue weighted by Gasteiger charge is -2.21.